The van der Waals surface area contributed by atoms with Gasteiger partial charge in [-0.1, -0.05) is 37.6 Å². The van der Waals surface area contributed by atoms with E-state index >= 15 is 0 Å². The molecule has 0 saturated heterocycles. The highest BCUT2D eigenvalue weighted by Gasteiger charge is 2.23. The average Bonchev–Trinajstić information content (AvgIpc) is 2.64. The molecule has 0 unspecified atom stereocenters. The first-order valence-electron chi connectivity index (χ1n) is 8.47. The zero-order valence-electron chi connectivity index (χ0n) is 16.0. The van der Waals surface area contributed by atoms with Gasteiger partial charge in [0.25, 0.3) is 0 Å². The minimum Gasteiger partial charge on any atom is -0.493 e. The molecular formula is C20H25ClFN3O2. The first-order valence-corrected chi connectivity index (χ1v) is 8.85. The standard InChI is InChI=1S/C20H25ClFN3O2/c1-20(2,15-7-6-14(22)10-16(15)21)12-25-19(23)24-11-13-5-8-17(26-3)18(9-13)27-4/h5-10H,11-12H2,1-4H3,(H3,23,24,25). The van der Waals surface area contributed by atoms with Gasteiger partial charge < -0.3 is 20.5 Å². The molecule has 7 heteroatoms. The highest BCUT2D eigenvalue weighted by Crippen LogP contribution is 2.30. The molecule has 146 valence electrons. The molecule has 0 atom stereocenters. The van der Waals surface area contributed by atoms with Crippen LogP contribution in [0.1, 0.15) is 25.0 Å². The summed E-state index contributed by atoms with van der Waals surface area (Å²) < 4.78 is 23.8. The first-order chi connectivity index (χ1) is 12.8. The fourth-order valence-electron chi connectivity index (χ4n) is 2.66. The number of aliphatic imine (C=N–C) groups is 1. The lowest BCUT2D eigenvalue weighted by atomic mass is 9.84. The zero-order valence-corrected chi connectivity index (χ0v) is 16.7. The number of rotatable bonds is 7. The van der Waals surface area contributed by atoms with E-state index in [1.54, 1.807) is 20.3 Å². The number of nitrogens with zero attached hydrogens (tertiary/aromatic N) is 1. The predicted octanol–water partition coefficient (Wildman–Crippen LogP) is 3.88. The van der Waals surface area contributed by atoms with E-state index in [-0.39, 0.29) is 11.2 Å². The van der Waals surface area contributed by atoms with E-state index in [1.165, 1.54) is 12.1 Å². The van der Waals surface area contributed by atoms with Gasteiger partial charge in [-0.15, -0.1) is 0 Å². The number of benzene rings is 2. The maximum absolute atomic E-state index is 13.3. The Bertz CT molecular complexity index is 825. The third-order valence-electron chi connectivity index (χ3n) is 4.25. The smallest absolute Gasteiger partial charge is 0.188 e. The Hall–Kier alpha value is -2.47. The molecule has 0 radical (unpaired) electrons. The molecular weight excluding hydrogens is 369 g/mol. The van der Waals surface area contributed by atoms with Crippen molar-refractivity contribution in [3.8, 4) is 11.5 Å². The van der Waals surface area contributed by atoms with E-state index in [4.69, 9.17) is 26.8 Å². The second-order valence-corrected chi connectivity index (χ2v) is 7.16. The number of nitrogens with one attached hydrogen (secondary N) is 1. The third kappa shape index (κ3) is 5.50. The quantitative estimate of drug-likeness (QED) is 0.553. The molecule has 0 saturated carbocycles. The van der Waals surface area contributed by atoms with E-state index < -0.39 is 0 Å². The lowest BCUT2D eigenvalue weighted by molar-refractivity contribution is 0.354. The van der Waals surface area contributed by atoms with Crippen LogP contribution in [0.4, 0.5) is 4.39 Å². The summed E-state index contributed by atoms with van der Waals surface area (Å²) in [6, 6.07) is 9.99. The maximum atomic E-state index is 13.3. The largest absolute Gasteiger partial charge is 0.493 e. The molecule has 0 aliphatic rings. The second kappa shape index (κ2) is 8.95. The number of hydrogen-bond acceptors (Lipinski definition) is 3. The predicted molar refractivity (Wildman–Crippen MR) is 107 cm³/mol. The summed E-state index contributed by atoms with van der Waals surface area (Å²) in [5, 5.41) is 3.50. The molecule has 0 spiro atoms. The molecule has 5 nitrogen and oxygen atoms in total. The Balaban J connectivity index is 2.01. The Labute approximate surface area is 164 Å². The van der Waals surface area contributed by atoms with Crippen LogP contribution < -0.4 is 20.5 Å². The summed E-state index contributed by atoms with van der Waals surface area (Å²) in [4.78, 5) is 4.35. The lowest BCUT2D eigenvalue weighted by Gasteiger charge is -2.27. The summed E-state index contributed by atoms with van der Waals surface area (Å²) in [7, 11) is 3.18. The van der Waals surface area contributed by atoms with Crippen molar-refractivity contribution >= 4 is 17.6 Å². The Kier molecular flexibility index (Phi) is 6.91. The van der Waals surface area contributed by atoms with Crippen molar-refractivity contribution in [2.75, 3.05) is 20.8 Å². The summed E-state index contributed by atoms with van der Waals surface area (Å²) in [5.74, 6) is 1.26. The van der Waals surface area contributed by atoms with Crippen molar-refractivity contribution in [2.24, 2.45) is 10.7 Å². The molecule has 3 N–H and O–H groups in total. The van der Waals surface area contributed by atoms with Crippen LogP contribution in [0.5, 0.6) is 11.5 Å². The highest BCUT2D eigenvalue weighted by atomic mass is 35.5. The SMILES string of the molecule is COc1ccc(CN=C(N)NCC(C)(C)c2ccc(F)cc2Cl)cc1OC. The van der Waals surface area contributed by atoms with Gasteiger partial charge in [0.15, 0.2) is 17.5 Å². The Morgan fingerprint density at radius 2 is 1.85 bits per heavy atom. The normalized spacial score (nSPS) is 12.0. The van der Waals surface area contributed by atoms with Gasteiger partial charge >= 0.3 is 0 Å². The van der Waals surface area contributed by atoms with Crippen molar-refractivity contribution < 1.29 is 13.9 Å². The van der Waals surface area contributed by atoms with Crippen LogP contribution in [0, 0.1) is 5.82 Å². The zero-order chi connectivity index (χ0) is 20.0. The molecule has 0 fully saturated rings. The molecule has 0 aromatic heterocycles. The van der Waals surface area contributed by atoms with Crippen LogP contribution in [0.2, 0.25) is 5.02 Å². The van der Waals surface area contributed by atoms with E-state index in [0.717, 1.165) is 11.1 Å². The average molecular weight is 394 g/mol. The van der Waals surface area contributed by atoms with Gasteiger partial charge in [-0.25, -0.2) is 9.38 Å². The first kappa shape index (κ1) is 20.8. The van der Waals surface area contributed by atoms with Crippen LogP contribution in [0.15, 0.2) is 41.4 Å². The topological polar surface area (TPSA) is 68.9 Å². The van der Waals surface area contributed by atoms with Crippen molar-refractivity contribution in [1.82, 2.24) is 5.32 Å². The second-order valence-electron chi connectivity index (χ2n) is 6.75. The molecule has 2 rings (SSSR count). The lowest BCUT2D eigenvalue weighted by Crippen LogP contribution is -2.40. The maximum Gasteiger partial charge on any atom is 0.188 e. The fraction of sp³-hybridized carbons (Fsp3) is 0.350. The van der Waals surface area contributed by atoms with Gasteiger partial charge in [-0.2, -0.15) is 0 Å². The van der Waals surface area contributed by atoms with Crippen molar-refractivity contribution in [3.05, 3.63) is 58.4 Å². The number of nitrogens with two attached hydrogens (primary N) is 1. The monoisotopic (exact) mass is 393 g/mol. The minimum absolute atomic E-state index is 0.316. The van der Waals surface area contributed by atoms with Gasteiger partial charge in [0.05, 0.1) is 20.8 Å². The molecule has 0 aliphatic carbocycles. The minimum atomic E-state index is -0.358. The van der Waals surface area contributed by atoms with Crippen LogP contribution in [0.3, 0.4) is 0 Å². The number of ether oxygens (including phenoxy) is 2. The number of hydrogen-bond donors (Lipinski definition) is 2. The van der Waals surface area contributed by atoms with E-state index in [1.807, 2.05) is 32.0 Å². The van der Waals surface area contributed by atoms with Gasteiger partial charge in [-0.05, 0) is 35.4 Å². The Morgan fingerprint density at radius 1 is 1.15 bits per heavy atom. The van der Waals surface area contributed by atoms with Crippen LogP contribution in [0.25, 0.3) is 0 Å². The van der Waals surface area contributed by atoms with Crippen molar-refractivity contribution in [1.29, 1.82) is 0 Å². The molecule has 2 aromatic carbocycles. The molecule has 0 heterocycles. The van der Waals surface area contributed by atoms with E-state index in [9.17, 15) is 4.39 Å². The number of halogens is 2. The summed E-state index contributed by atoms with van der Waals surface area (Å²) in [6.45, 7) is 4.90. The summed E-state index contributed by atoms with van der Waals surface area (Å²) in [5.41, 5.74) is 7.41. The molecule has 27 heavy (non-hydrogen) atoms. The van der Waals surface area contributed by atoms with Crippen LogP contribution >= 0.6 is 11.6 Å². The fourth-order valence-corrected chi connectivity index (χ4v) is 3.08. The molecule has 2 aromatic rings. The van der Waals surface area contributed by atoms with Crippen molar-refractivity contribution in [2.45, 2.75) is 25.8 Å². The van der Waals surface area contributed by atoms with E-state index in [2.05, 4.69) is 10.3 Å². The van der Waals surface area contributed by atoms with Gasteiger partial charge in [-0.3, -0.25) is 0 Å². The van der Waals surface area contributed by atoms with Gasteiger partial charge in [0.1, 0.15) is 5.82 Å². The Morgan fingerprint density at radius 3 is 2.48 bits per heavy atom. The summed E-state index contributed by atoms with van der Waals surface area (Å²) in [6.07, 6.45) is 0. The molecule has 0 aliphatic heterocycles. The van der Waals surface area contributed by atoms with Crippen molar-refractivity contribution in [3.63, 3.8) is 0 Å². The molecule has 0 amide bonds. The van der Waals surface area contributed by atoms with Crippen LogP contribution in [-0.4, -0.2) is 26.7 Å². The number of guanidine groups is 1. The third-order valence-corrected chi connectivity index (χ3v) is 4.56. The van der Waals surface area contributed by atoms with Crippen LogP contribution in [-0.2, 0) is 12.0 Å². The summed E-state index contributed by atoms with van der Waals surface area (Å²) >= 11 is 6.17. The van der Waals surface area contributed by atoms with E-state index in [0.29, 0.717) is 35.6 Å². The number of methoxy groups -OCH3 is 2. The van der Waals surface area contributed by atoms with Gasteiger partial charge in [0.2, 0.25) is 0 Å². The van der Waals surface area contributed by atoms with Gasteiger partial charge in [0, 0.05) is 17.0 Å². The molecule has 0 bridgehead atoms. The highest BCUT2D eigenvalue weighted by molar-refractivity contribution is 6.31.